The maximum Gasteiger partial charge on any atom is 0.306 e. The van der Waals surface area contributed by atoms with Crippen LogP contribution < -0.4 is 0 Å². The van der Waals surface area contributed by atoms with Crippen LogP contribution in [0.4, 0.5) is 0 Å². The minimum atomic E-state index is -0.750. The molecule has 0 spiro atoms. The quantitative estimate of drug-likeness (QED) is 0.566. The Morgan fingerprint density at radius 3 is 2.89 bits per heavy atom. The van der Waals surface area contributed by atoms with E-state index < -0.39 is 12.4 Å². The van der Waals surface area contributed by atoms with E-state index in [-0.39, 0.29) is 5.25 Å². The summed E-state index contributed by atoms with van der Waals surface area (Å²) in [6.07, 6.45) is 1.12. The summed E-state index contributed by atoms with van der Waals surface area (Å²) < 4.78 is 11.7. The van der Waals surface area contributed by atoms with Crippen molar-refractivity contribution in [2.45, 2.75) is 18.6 Å². The summed E-state index contributed by atoms with van der Waals surface area (Å²) in [5.41, 5.74) is 0. The van der Waals surface area contributed by atoms with Crippen molar-refractivity contribution in [1.29, 1.82) is 0 Å². The second kappa shape index (κ2) is 4.68. The predicted octanol–water partition coefficient (Wildman–Crippen LogP) is 1.30. The molecule has 0 radical (unpaired) electrons. The Morgan fingerprint density at radius 2 is 2.56 bits per heavy atom. The maximum absolute atomic E-state index is 10.7. The number of hydrogen-bond donors (Lipinski definition) is 0. The van der Waals surface area contributed by atoms with Gasteiger partial charge in [-0.25, -0.2) is 0 Å². The fourth-order valence-corrected chi connectivity index (χ4v) is 0.575. The molecule has 3 heteroatoms. The molecule has 0 aromatic heterocycles. The summed E-state index contributed by atoms with van der Waals surface area (Å²) in [6, 6.07) is 0. The Bertz CT molecular complexity index is 118. The van der Waals surface area contributed by atoms with Crippen LogP contribution >= 0.6 is 11.8 Å². The number of esters is 1. The van der Waals surface area contributed by atoms with Crippen molar-refractivity contribution in [1.82, 2.24) is 0 Å². The first kappa shape index (κ1) is 6.93. The SMILES string of the molecule is [2H][C@@H](C(=O)OC)[C@@H](C)SC. The highest BCUT2D eigenvalue weighted by molar-refractivity contribution is 7.99. The molecule has 2 atom stereocenters. The third kappa shape index (κ3) is 4.33. The fourth-order valence-electron chi connectivity index (χ4n) is 0.328. The van der Waals surface area contributed by atoms with Gasteiger partial charge in [-0.3, -0.25) is 4.79 Å². The van der Waals surface area contributed by atoms with E-state index in [2.05, 4.69) is 4.74 Å². The molecule has 0 aromatic rings. The highest BCUT2D eigenvalue weighted by Crippen LogP contribution is 2.09. The van der Waals surface area contributed by atoms with Gasteiger partial charge in [-0.2, -0.15) is 11.8 Å². The van der Waals surface area contributed by atoms with Gasteiger partial charge in [0.05, 0.1) is 13.5 Å². The lowest BCUT2D eigenvalue weighted by Crippen LogP contribution is -2.07. The standard InChI is InChI=1S/C6H12O2S/c1-5(9-3)4-6(7)8-2/h5H,4H2,1-3H3/t5-/m1/s1/i4D/t4-,5-. The van der Waals surface area contributed by atoms with Gasteiger partial charge in [0.25, 0.3) is 0 Å². The molecule has 0 unspecified atom stereocenters. The van der Waals surface area contributed by atoms with Crippen LogP contribution in [0.2, 0.25) is 0 Å². The zero-order valence-corrected chi connectivity index (χ0v) is 6.70. The number of thioether (sulfide) groups is 1. The number of methoxy groups -OCH3 is 1. The van der Waals surface area contributed by atoms with Crippen LogP contribution in [-0.4, -0.2) is 24.6 Å². The summed E-state index contributed by atoms with van der Waals surface area (Å²) in [4.78, 5) is 10.7. The van der Waals surface area contributed by atoms with E-state index in [1.54, 1.807) is 0 Å². The summed E-state index contributed by atoms with van der Waals surface area (Å²) in [5.74, 6) is -0.457. The van der Waals surface area contributed by atoms with Gasteiger partial charge in [-0.05, 0) is 6.26 Å². The molecule has 0 aliphatic rings. The average Bonchev–Trinajstić information content (AvgIpc) is 2.00. The number of ether oxygens (including phenoxy) is 1. The van der Waals surface area contributed by atoms with E-state index in [1.165, 1.54) is 18.9 Å². The van der Waals surface area contributed by atoms with Crippen LogP contribution in [0.3, 0.4) is 0 Å². The molecule has 0 fully saturated rings. The fraction of sp³-hybridized carbons (Fsp3) is 0.833. The third-order valence-electron chi connectivity index (χ3n) is 0.944. The summed E-state index contributed by atoms with van der Waals surface area (Å²) in [7, 11) is 1.30. The second-order valence-electron chi connectivity index (χ2n) is 1.63. The van der Waals surface area contributed by atoms with Gasteiger partial charge in [-0.15, -0.1) is 0 Å². The Kier molecular flexibility index (Phi) is 3.60. The topological polar surface area (TPSA) is 26.3 Å². The smallest absolute Gasteiger partial charge is 0.306 e. The highest BCUT2D eigenvalue weighted by Gasteiger charge is 2.05. The van der Waals surface area contributed by atoms with Crippen molar-refractivity contribution >= 4 is 17.7 Å². The number of rotatable bonds is 3. The van der Waals surface area contributed by atoms with Crippen LogP contribution in [0.15, 0.2) is 0 Å². The minimum Gasteiger partial charge on any atom is -0.469 e. The number of carbonyl (C=O) groups excluding carboxylic acids is 1. The molecule has 2 nitrogen and oxygen atoms in total. The molecule has 0 aliphatic heterocycles. The molecule has 54 valence electrons. The summed E-state index contributed by atoms with van der Waals surface area (Å²) in [6.45, 7) is 1.83. The lowest BCUT2D eigenvalue weighted by atomic mass is 10.3. The van der Waals surface area contributed by atoms with Crippen LogP contribution in [0.5, 0.6) is 0 Å². The van der Waals surface area contributed by atoms with Gasteiger partial charge in [0, 0.05) is 6.62 Å². The lowest BCUT2D eigenvalue weighted by molar-refractivity contribution is -0.140. The molecule has 0 aromatic carbocycles. The molecule has 0 saturated carbocycles. The van der Waals surface area contributed by atoms with E-state index in [9.17, 15) is 4.79 Å². The zero-order valence-electron chi connectivity index (χ0n) is 6.88. The lowest BCUT2D eigenvalue weighted by Gasteiger charge is -2.03. The molecular formula is C6H12O2S. The van der Waals surface area contributed by atoms with Crippen LogP contribution in [-0.2, 0) is 9.53 Å². The van der Waals surface area contributed by atoms with E-state index in [0.29, 0.717) is 0 Å². The molecule has 0 rings (SSSR count). The van der Waals surface area contributed by atoms with Crippen molar-refractivity contribution in [3.05, 3.63) is 0 Å². The maximum atomic E-state index is 10.7. The number of carbonyl (C=O) groups is 1. The molecule has 0 bridgehead atoms. The van der Waals surface area contributed by atoms with E-state index in [1.807, 2.05) is 13.2 Å². The normalized spacial score (nSPS) is 17.9. The molecule has 0 amide bonds. The third-order valence-corrected chi connectivity index (χ3v) is 1.82. The van der Waals surface area contributed by atoms with Gasteiger partial charge in [-0.1, -0.05) is 6.92 Å². The Morgan fingerprint density at radius 1 is 2.00 bits per heavy atom. The summed E-state index contributed by atoms with van der Waals surface area (Å²) in [5, 5.41) is 0.00690. The van der Waals surface area contributed by atoms with Crippen molar-refractivity contribution in [2.75, 3.05) is 13.4 Å². The van der Waals surface area contributed by atoms with Crippen molar-refractivity contribution < 1.29 is 10.9 Å². The van der Waals surface area contributed by atoms with Gasteiger partial charge in [0.2, 0.25) is 0 Å². The van der Waals surface area contributed by atoms with E-state index in [4.69, 9.17) is 1.37 Å². The molecule has 0 heterocycles. The van der Waals surface area contributed by atoms with Crippen molar-refractivity contribution in [3.8, 4) is 0 Å². The Balaban J connectivity index is 3.81. The first-order valence-electron chi connectivity index (χ1n) is 3.24. The van der Waals surface area contributed by atoms with Gasteiger partial charge >= 0.3 is 5.97 Å². The number of hydrogen-bond acceptors (Lipinski definition) is 3. The highest BCUT2D eigenvalue weighted by atomic mass is 32.2. The zero-order chi connectivity index (χ0) is 8.15. The monoisotopic (exact) mass is 149 g/mol. The van der Waals surface area contributed by atoms with Crippen molar-refractivity contribution in [3.63, 3.8) is 0 Å². The molecule has 9 heavy (non-hydrogen) atoms. The largest absolute Gasteiger partial charge is 0.469 e. The Hall–Kier alpha value is -0.180. The molecule has 0 saturated heterocycles. The van der Waals surface area contributed by atoms with Gasteiger partial charge < -0.3 is 4.74 Å². The predicted molar refractivity (Wildman–Crippen MR) is 39.6 cm³/mol. The van der Waals surface area contributed by atoms with Crippen molar-refractivity contribution in [2.24, 2.45) is 0 Å². The van der Waals surface area contributed by atoms with Gasteiger partial charge in [0.1, 0.15) is 0 Å². The molecule has 0 N–H and O–H groups in total. The van der Waals surface area contributed by atoms with E-state index in [0.717, 1.165) is 0 Å². The Labute approximate surface area is 61.4 Å². The first-order valence-corrected chi connectivity index (χ1v) is 3.95. The molecule has 0 aliphatic carbocycles. The minimum absolute atomic E-state index is 0.00690. The first-order chi connectivity index (χ1) is 4.63. The van der Waals surface area contributed by atoms with Crippen LogP contribution in [0, 0.1) is 0 Å². The van der Waals surface area contributed by atoms with E-state index >= 15 is 0 Å². The van der Waals surface area contributed by atoms with Crippen LogP contribution in [0.25, 0.3) is 0 Å². The van der Waals surface area contributed by atoms with Gasteiger partial charge in [0.15, 0.2) is 0 Å². The van der Waals surface area contributed by atoms with Crippen LogP contribution in [0.1, 0.15) is 14.7 Å². The average molecular weight is 149 g/mol. The summed E-state index contributed by atoms with van der Waals surface area (Å²) >= 11 is 1.49. The second-order valence-corrected chi connectivity index (χ2v) is 2.85. The molecular weight excluding hydrogens is 136 g/mol.